The molecule has 0 bridgehead atoms. The molecule has 10 nitrogen and oxygen atoms in total. The molecule has 246 valence electrons. The van der Waals surface area contributed by atoms with E-state index in [2.05, 4.69) is 30.6 Å². The maximum Gasteiger partial charge on any atom is 0.433 e. The van der Waals surface area contributed by atoms with E-state index in [-0.39, 0.29) is 23.0 Å². The lowest BCUT2D eigenvalue weighted by Gasteiger charge is -2.14. The number of anilines is 2. The molecule has 3 N–H and O–H groups in total. The molecule has 46 heavy (non-hydrogen) atoms. The number of hydrogen-bond acceptors (Lipinski definition) is 9. The minimum absolute atomic E-state index is 0.217. The fourth-order valence-corrected chi connectivity index (χ4v) is 5.22. The monoisotopic (exact) mass is 673 g/mol. The van der Waals surface area contributed by atoms with Crippen LogP contribution in [0.25, 0.3) is 11.3 Å². The van der Waals surface area contributed by atoms with E-state index in [9.17, 15) is 39.2 Å². The van der Waals surface area contributed by atoms with Crippen molar-refractivity contribution < 1.29 is 43.9 Å². The number of alkyl halides is 4. The number of ether oxygens (including phenoxy) is 1. The quantitative estimate of drug-likeness (QED) is 0.156. The van der Waals surface area contributed by atoms with Crippen molar-refractivity contribution >= 4 is 21.7 Å². The number of piperidine rings is 1. The fraction of sp³-hybridized carbons (Fsp3) is 0.286. The number of sulfonamides is 1. The summed E-state index contributed by atoms with van der Waals surface area (Å²) in [5.74, 6) is -7.15. The highest BCUT2D eigenvalue weighted by atomic mass is 32.2. The van der Waals surface area contributed by atoms with Crippen LogP contribution in [0, 0.1) is 17.5 Å². The maximum absolute atomic E-state index is 14.9. The van der Waals surface area contributed by atoms with Gasteiger partial charge in [0.05, 0.1) is 17.0 Å². The highest BCUT2D eigenvalue weighted by Crippen LogP contribution is 2.36. The van der Waals surface area contributed by atoms with Crippen LogP contribution in [0.5, 0.6) is 11.6 Å². The summed E-state index contributed by atoms with van der Waals surface area (Å²) < 4.78 is 126. The lowest BCUT2D eigenvalue weighted by Crippen LogP contribution is -2.30. The summed E-state index contributed by atoms with van der Waals surface area (Å²) in [6.07, 6.45) is -0.214. The molecule has 1 aromatic carbocycles. The van der Waals surface area contributed by atoms with E-state index in [0.29, 0.717) is 30.6 Å². The Kier molecular flexibility index (Phi) is 10.9. The number of nitrogens with one attached hydrogen (secondary N) is 3. The lowest BCUT2D eigenvalue weighted by molar-refractivity contribution is -0.141. The molecule has 1 aliphatic heterocycles. The van der Waals surface area contributed by atoms with Gasteiger partial charge in [0.25, 0.3) is 0 Å². The van der Waals surface area contributed by atoms with Crippen LogP contribution in [-0.2, 0) is 22.0 Å². The summed E-state index contributed by atoms with van der Waals surface area (Å²) >= 11 is 0. The van der Waals surface area contributed by atoms with Gasteiger partial charge in [-0.2, -0.15) is 17.6 Å². The van der Waals surface area contributed by atoms with Crippen LogP contribution in [0.2, 0.25) is 0 Å². The Morgan fingerprint density at radius 2 is 1.83 bits per heavy atom. The smallest absolute Gasteiger partial charge is 0.433 e. The third-order valence-corrected chi connectivity index (χ3v) is 7.45. The van der Waals surface area contributed by atoms with Crippen LogP contribution in [-0.4, -0.2) is 54.7 Å². The Balaban J connectivity index is 0.000000606. The van der Waals surface area contributed by atoms with Crippen molar-refractivity contribution in [3.8, 4) is 22.9 Å². The Morgan fingerprint density at radius 3 is 2.43 bits per heavy atom. The molecular formula is C28H26F7N7O3S. The molecule has 0 spiro atoms. The normalized spacial score (nSPS) is 15.0. The second kappa shape index (κ2) is 14.7. The Morgan fingerprint density at radius 1 is 1.04 bits per heavy atom. The number of aromatic nitrogens is 4. The number of hydrogen-bond donors (Lipinski definition) is 3. The van der Waals surface area contributed by atoms with Crippen LogP contribution < -0.4 is 20.1 Å². The molecule has 18 heteroatoms. The summed E-state index contributed by atoms with van der Waals surface area (Å²) in [6, 6.07) is 6.31. The standard InChI is InChI=1S/C23H16F6N6O3S.C5H10FN/c1-30-22-32-8-6-15(34-22)13-3-2-7-31-21(13)38-16-9-14(24)20(19(26)18(16)25)35-39(36,37)11-12-4-5-17(33-10-12)23(27,28)29;6-5-2-1-3-7-4-5/h2-10,35H,11H2,1H3,(H,30,32,34);5,7H,1-4H2. The van der Waals surface area contributed by atoms with Crippen LogP contribution >= 0.6 is 0 Å². The third kappa shape index (κ3) is 9.00. The Bertz CT molecular complexity index is 1760. The second-order valence-corrected chi connectivity index (χ2v) is 11.4. The third-order valence-electron chi connectivity index (χ3n) is 6.22. The molecule has 1 saturated heterocycles. The molecule has 4 aromatic rings. The van der Waals surface area contributed by atoms with Gasteiger partial charge < -0.3 is 15.4 Å². The molecule has 5 rings (SSSR count). The first-order chi connectivity index (χ1) is 21.8. The fourth-order valence-electron chi connectivity index (χ4n) is 4.04. The highest BCUT2D eigenvalue weighted by Gasteiger charge is 2.32. The molecule has 1 atom stereocenters. The van der Waals surface area contributed by atoms with E-state index >= 15 is 0 Å². The minimum atomic E-state index is -4.75. The molecule has 0 radical (unpaired) electrons. The molecule has 1 unspecified atom stereocenters. The van der Waals surface area contributed by atoms with Crippen molar-refractivity contribution in [3.05, 3.63) is 83.7 Å². The van der Waals surface area contributed by atoms with E-state index in [1.807, 2.05) is 0 Å². The molecule has 1 aliphatic rings. The number of halogens is 7. The first-order valence-corrected chi connectivity index (χ1v) is 15.1. The van der Waals surface area contributed by atoms with Gasteiger partial charge in [-0.3, -0.25) is 9.71 Å². The first-order valence-electron chi connectivity index (χ1n) is 13.5. The SMILES string of the molecule is CNc1nccc(-c2cccnc2Oc2cc(F)c(NS(=O)(=O)Cc3ccc(C(F)(F)F)nc3)c(F)c2F)n1.FC1CCCNC1. The number of rotatable bonds is 8. The van der Waals surface area contributed by atoms with Crippen LogP contribution in [0.3, 0.4) is 0 Å². The van der Waals surface area contributed by atoms with Gasteiger partial charge in [-0.15, -0.1) is 0 Å². The van der Waals surface area contributed by atoms with Crippen LogP contribution in [0.4, 0.5) is 42.4 Å². The molecule has 0 amide bonds. The molecule has 1 fully saturated rings. The van der Waals surface area contributed by atoms with Gasteiger partial charge in [0.2, 0.25) is 27.7 Å². The van der Waals surface area contributed by atoms with Gasteiger partial charge in [0.1, 0.15) is 17.6 Å². The highest BCUT2D eigenvalue weighted by molar-refractivity contribution is 7.91. The van der Waals surface area contributed by atoms with Gasteiger partial charge in [-0.1, -0.05) is 6.07 Å². The number of pyridine rings is 2. The average Bonchev–Trinajstić information content (AvgIpc) is 3.02. The van der Waals surface area contributed by atoms with Crippen LogP contribution in [0.1, 0.15) is 24.1 Å². The summed E-state index contributed by atoms with van der Waals surface area (Å²) in [7, 11) is -3.03. The largest absolute Gasteiger partial charge is 0.435 e. The second-order valence-electron chi connectivity index (χ2n) is 9.69. The zero-order valence-corrected chi connectivity index (χ0v) is 24.7. The van der Waals surface area contributed by atoms with Crippen molar-refractivity contribution in [1.82, 2.24) is 25.3 Å². The molecule has 3 aromatic heterocycles. The van der Waals surface area contributed by atoms with E-state index in [1.54, 1.807) is 11.8 Å². The summed E-state index contributed by atoms with van der Waals surface area (Å²) in [6.45, 7) is 1.57. The maximum atomic E-state index is 14.9. The van der Waals surface area contributed by atoms with Gasteiger partial charge in [-0.25, -0.2) is 36.5 Å². The summed E-state index contributed by atoms with van der Waals surface area (Å²) in [5.41, 5.74) is -2.31. The van der Waals surface area contributed by atoms with Gasteiger partial charge in [0.15, 0.2) is 17.4 Å². The first kappa shape index (κ1) is 34.3. The van der Waals surface area contributed by atoms with E-state index < -0.39 is 62.7 Å². The van der Waals surface area contributed by atoms with E-state index in [0.717, 1.165) is 25.5 Å². The zero-order chi connectivity index (χ0) is 33.5. The van der Waals surface area contributed by atoms with Gasteiger partial charge in [-0.05, 0) is 49.2 Å². The molecule has 0 saturated carbocycles. The molecular weight excluding hydrogens is 647 g/mol. The Labute approximate surface area is 258 Å². The van der Waals surface area contributed by atoms with Crippen molar-refractivity contribution in [2.45, 2.75) is 30.9 Å². The minimum Gasteiger partial charge on any atom is -0.435 e. The van der Waals surface area contributed by atoms with Crippen molar-refractivity contribution in [2.24, 2.45) is 0 Å². The number of nitrogens with zero attached hydrogens (tertiary/aromatic N) is 4. The molecule has 4 heterocycles. The van der Waals surface area contributed by atoms with Crippen molar-refractivity contribution in [1.29, 1.82) is 0 Å². The zero-order valence-electron chi connectivity index (χ0n) is 23.9. The van der Waals surface area contributed by atoms with Crippen molar-refractivity contribution in [2.75, 3.05) is 30.2 Å². The predicted molar refractivity (Wildman–Crippen MR) is 154 cm³/mol. The average molecular weight is 674 g/mol. The predicted octanol–water partition coefficient (Wildman–Crippen LogP) is 5.85. The van der Waals surface area contributed by atoms with Gasteiger partial charge in [0, 0.05) is 38.2 Å². The summed E-state index contributed by atoms with van der Waals surface area (Å²) in [5, 5.41) is 5.69. The van der Waals surface area contributed by atoms with Crippen LogP contribution in [0.15, 0.2) is 55.0 Å². The van der Waals surface area contributed by atoms with E-state index in [4.69, 9.17) is 4.74 Å². The van der Waals surface area contributed by atoms with Crippen molar-refractivity contribution in [3.63, 3.8) is 0 Å². The summed E-state index contributed by atoms with van der Waals surface area (Å²) in [4.78, 5) is 15.2. The molecule has 0 aliphatic carbocycles. The Hall–Kier alpha value is -4.58. The topological polar surface area (TPSA) is 131 Å². The lowest BCUT2D eigenvalue weighted by atomic mass is 10.1. The van der Waals surface area contributed by atoms with Gasteiger partial charge >= 0.3 is 6.18 Å². The van der Waals surface area contributed by atoms with E-state index in [1.165, 1.54) is 30.6 Å². The number of benzene rings is 1.